The van der Waals surface area contributed by atoms with Crippen molar-refractivity contribution < 1.29 is 9.53 Å². The number of hydrogen-bond acceptors (Lipinski definition) is 5. The molecule has 4 aromatic rings. The number of ketones is 1. The third kappa shape index (κ3) is 4.60. The van der Waals surface area contributed by atoms with E-state index in [0.717, 1.165) is 27.9 Å². The van der Waals surface area contributed by atoms with Gasteiger partial charge in [0.15, 0.2) is 16.8 Å². The molecule has 0 aliphatic rings. The molecule has 0 bridgehead atoms. The molecule has 1 heterocycles. The number of aromatic nitrogens is 3. The van der Waals surface area contributed by atoms with Crippen molar-refractivity contribution in [2.24, 2.45) is 0 Å². The largest absolute Gasteiger partial charge is 0.497 e. The maximum absolute atomic E-state index is 12.6. The molecule has 0 aliphatic carbocycles. The third-order valence-corrected chi connectivity index (χ3v) is 5.64. The molecule has 0 amide bonds. The predicted octanol–water partition coefficient (Wildman–Crippen LogP) is 4.98. The molecule has 0 aliphatic heterocycles. The number of methoxy groups -OCH3 is 1. The third-order valence-electron chi connectivity index (χ3n) is 4.68. The van der Waals surface area contributed by atoms with Crippen LogP contribution in [-0.2, 0) is 6.54 Å². The quantitative estimate of drug-likeness (QED) is 0.300. The van der Waals surface area contributed by atoms with Gasteiger partial charge in [0.25, 0.3) is 0 Å². The first-order chi connectivity index (χ1) is 14.7. The monoisotopic (exact) mass is 415 g/mol. The molecule has 30 heavy (non-hydrogen) atoms. The standard InChI is InChI=1S/C24H21N3O2S/c1-29-21-14-12-19(13-15-21)22(28)17-30-24-26-25-23(20-10-6-3-7-11-20)27(24)16-18-8-4-2-5-9-18/h2-15H,16-17H2,1H3. The number of hydrogen-bond donors (Lipinski definition) is 0. The van der Waals surface area contributed by atoms with Gasteiger partial charge in [-0.05, 0) is 29.8 Å². The molecule has 4 rings (SSSR count). The molecular weight excluding hydrogens is 394 g/mol. The summed E-state index contributed by atoms with van der Waals surface area (Å²) in [5.74, 6) is 1.85. The van der Waals surface area contributed by atoms with Crippen molar-refractivity contribution in [3.63, 3.8) is 0 Å². The first kappa shape index (κ1) is 19.9. The highest BCUT2D eigenvalue weighted by atomic mass is 32.2. The number of rotatable bonds is 8. The Morgan fingerprint density at radius 2 is 1.57 bits per heavy atom. The van der Waals surface area contributed by atoms with E-state index in [-0.39, 0.29) is 11.5 Å². The van der Waals surface area contributed by atoms with Crippen molar-refractivity contribution in [1.82, 2.24) is 14.8 Å². The van der Waals surface area contributed by atoms with Crippen molar-refractivity contribution in [2.75, 3.05) is 12.9 Å². The zero-order valence-electron chi connectivity index (χ0n) is 16.6. The summed E-state index contributed by atoms with van der Waals surface area (Å²) in [5, 5.41) is 9.53. The summed E-state index contributed by atoms with van der Waals surface area (Å²) in [4.78, 5) is 12.6. The fourth-order valence-corrected chi connectivity index (χ4v) is 3.93. The van der Waals surface area contributed by atoms with Gasteiger partial charge in [0.2, 0.25) is 0 Å². The second-order valence-electron chi connectivity index (χ2n) is 6.68. The lowest BCUT2D eigenvalue weighted by atomic mass is 10.1. The molecule has 0 saturated heterocycles. The van der Waals surface area contributed by atoms with E-state index in [4.69, 9.17) is 4.74 Å². The lowest BCUT2D eigenvalue weighted by molar-refractivity contribution is 0.102. The maximum Gasteiger partial charge on any atom is 0.192 e. The number of benzene rings is 3. The lowest BCUT2D eigenvalue weighted by Gasteiger charge is -2.10. The van der Waals surface area contributed by atoms with Crippen LogP contribution in [0.25, 0.3) is 11.4 Å². The number of carbonyl (C=O) groups excluding carboxylic acids is 1. The Kier molecular flexibility index (Phi) is 6.25. The fourth-order valence-electron chi connectivity index (χ4n) is 3.10. The molecule has 1 aromatic heterocycles. The topological polar surface area (TPSA) is 57.0 Å². The van der Waals surface area contributed by atoms with Gasteiger partial charge in [0.05, 0.1) is 19.4 Å². The van der Waals surface area contributed by atoms with E-state index in [1.807, 2.05) is 48.5 Å². The van der Waals surface area contributed by atoms with E-state index in [1.165, 1.54) is 11.8 Å². The van der Waals surface area contributed by atoms with Crippen molar-refractivity contribution >= 4 is 17.5 Å². The average molecular weight is 416 g/mol. The van der Waals surface area contributed by atoms with E-state index < -0.39 is 0 Å². The van der Waals surface area contributed by atoms with E-state index in [2.05, 4.69) is 26.9 Å². The van der Waals surface area contributed by atoms with Crippen LogP contribution in [0.15, 0.2) is 90.1 Å². The normalized spacial score (nSPS) is 10.7. The summed E-state index contributed by atoms with van der Waals surface area (Å²) in [7, 11) is 1.61. The smallest absolute Gasteiger partial charge is 0.192 e. The first-order valence-electron chi connectivity index (χ1n) is 9.57. The number of carbonyl (C=O) groups is 1. The van der Waals surface area contributed by atoms with Crippen LogP contribution in [0.5, 0.6) is 5.75 Å². The predicted molar refractivity (Wildman–Crippen MR) is 119 cm³/mol. The van der Waals surface area contributed by atoms with Crippen LogP contribution in [0.3, 0.4) is 0 Å². The van der Waals surface area contributed by atoms with Crippen LogP contribution >= 0.6 is 11.8 Å². The number of thioether (sulfide) groups is 1. The minimum absolute atomic E-state index is 0.0400. The summed E-state index contributed by atoms with van der Waals surface area (Å²) in [5.41, 5.74) is 2.80. The van der Waals surface area contributed by atoms with Gasteiger partial charge in [0.1, 0.15) is 5.75 Å². The Balaban J connectivity index is 1.57. The second-order valence-corrected chi connectivity index (χ2v) is 7.63. The molecule has 6 heteroatoms. The van der Waals surface area contributed by atoms with Crippen LogP contribution in [0.2, 0.25) is 0 Å². The van der Waals surface area contributed by atoms with Gasteiger partial charge in [-0.2, -0.15) is 0 Å². The Morgan fingerprint density at radius 3 is 2.23 bits per heavy atom. The average Bonchev–Trinajstić information content (AvgIpc) is 3.21. The molecule has 0 fully saturated rings. The second kappa shape index (κ2) is 9.41. The Morgan fingerprint density at radius 1 is 0.900 bits per heavy atom. The molecule has 3 aromatic carbocycles. The van der Waals surface area contributed by atoms with E-state index in [0.29, 0.717) is 12.1 Å². The molecule has 5 nitrogen and oxygen atoms in total. The Labute approximate surface area is 179 Å². The van der Waals surface area contributed by atoms with Crippen molar-refractivity contribution in [2.45, 2.75) is 11.7 Å². The summed E-state index contributed by atoms with van der Waals surface area (Å²) in [6, 6.07) is 27.3. The van der Waals surface area contributed by atoms with Gasteiger partial charge in [-0.3, -0.25) is 9.36 Å². The highest BCUT2D eigenvalue weighted by Gasteiger charge is 2.16. The van der Waals surface area contributed by atoms with Gasteiger partial charge in [-0.1, -0.05) is 72.4 Å². The highest BCUT2D eigenvalue weighted by Crippen LogP contribution is 2.26. The number of ether oxygens (including phenoxy) is 1. The van der Waals surface area contributed by atoms with Crippen LogP contribution < -0.4 is 4.74 Å². The van der Waals surface area contributed by atoms with Crippen LogP contribution in [0, 0.1) is 0 Å². The van der Waals surface area contributed by atoms with Crippen LogP contribution in [0.4, 0.5) is 0 Å². The van der Waals surface area contributed by atoms with E-state index >= 15 is 0 Å². The van der Waals surface area contributed by atoms with E-state index in [9.17, 15) is 4.79 Å². The van der Waals surface area contributed by atoms with Gasteiger partial charge < -0.3 is 4.74 Å². The molecule has 0 saturated carbocycles. The van der Waals surface area contributed by atoms with Crippen LogP contribution in [0.1, 0.15) is 15.9 Å². The molecule has 150 valence electrons. The summed E-state index contributed by atoms with van der Waals surface area (Å²) in [6.45, 7) is 0.636. The van der Waals surface area contributed by atoms with Crippen molar-refractivity contribution in [3.05, 3.63) is 96.1 Å². The Bertz CT molecular complexity index is 1110. The van der Waals surface area contributed by atoms with Gasteiger partial charge in [0, 0.05) is 11.1 Å². The zero-order valence-corrected chi connectivity index (χ0v) is 17.4. The van der Waals surface area contributed by atoms with Gasteiger partial charge in [-0.25, -0.2) is 0 Å². The zero-order chi connectivity index (χ0) is 20.8. The van der Waals surface area contributed by atoms with E-state index in [1.54, 1.807) is 31.4 Å². The summed E-state index contributed by atoms with van der Waals surface area (Å²) >= 11 is 1.40. The van der Waals surface area contributed by atoms with Crippen LogP contribution in [-0.4, -0.2) is 33.4 Å². The maximum atomic E-state index is 12.6. The highest BCUT2D eigenvalue weighted by molar-refractivity contribution is 7.99. The molecule has 0 spiro atoms. The van der Waals surface area contributed by atoms with Crippen molar-refractivity contribution in [3.8, 4) is 17.1 Å². The van der Waals surface area contributed by atoms with Crippen molar-refractivity contribution in [1.29, 1.82) is 0 Å². The van der Waals surface area contributed by atoms with Gasteiger partial charge in [-0.15, -0.1) is 10.2 Å². The number of Topliss-reactive ketones (excluding diaryl/α,β-unsaturated/α-hetero) is 1. The molecule has 0 radical (unpaired) electrons. The SMILES string of the molecule is COc1ccc(C(=O)CSc2nnc(-c3ccccc3)n2Cc2ccccc2)cc1. The lowest BCUT2D eigenvalue weighted by Crippen LogP contribution is -2.07. The number of nitrogens with zero attached hydrogens (tertiary/aromatic N) is 3. The minimum atomic E-state index is 0.0400. The minimum Gasteiger partial charge on any atom is -0.497 e. The summed E-state index contributed by atoms with van der Waals surface area (Å²) in [6.07, 6.45) is 0. The first-order valence-corrected chi connectivity index (χ1v) is 10.6. The fraction of sp³-hybridized carbons (Fsp3) is 0.125. The Hall–Kier alpha value is -3.38. The molecular formula is C24H21N3O2S. The summed E-state index contributed by atoms with van der Waals surface area (Å²) < 4.78 is 7.22. The van der Waals surface area contributed by atoms with Gasteiger partial charge >= 0.3 is 0 Å². The molecule has 0 N–H and O–H groups in total. The molecule has 0 unspecified atom stereocenters. The molecule has 0 atom stereocenters.